The summed E-state index contributed by atoms with van der Waals surface area (Å²) >= 11 is 0. The Balaban J connectivity index is 1.52. The number of rotatable bonds is 5. The lowest BCUT2D eigenvalue weighted by Gasteiger charge is -2.41. The zero-order valence-corrected chi connectivity index (χ0v) is 20.4. The molecule has 3 heterocycles. The molecule has 0 radical (unpaired) electrons. The van der Waals surface area contributed by atoms with Gasteiger partial charge in [0.15, 0.2) is 5.82 Å². The summed E-state index contributed by atoms with van der Waals surface area (Å²) in [6.45, 7) is 10.9. The fraction of sp³-hybridized carbons (Fsp3) is 0.520. The molecule has 1 saturated heterocycles. The predicted molar refractivity (Wildman–Crippen MR) is 128 cm³/mol. The number of hydrogen-bond acceptors (Lipinski definition) is 7. The first-order valence-electron chi connectivity index (χ1n) is 11.7. The smallest absolute Gasteiger partial charge is 0.316 e. The van der Waals surface area contributed by atoms with E-state index >= 15 is 8.78 Å². The molecule has 1 aliphatic heterocycles. The van der Waals surface area contributed by atoms with Gasteiger partial charge in [0.1, 0.15) is 17.1 Å². The van der Waals surface area contributed by atoms with Gasteiger partial charge < -0.3 is 14.9 Å². The van der Waals surface area contributed by atoms with Crippen molar-refractivity contribution in [1.82, 2.24) is 20.2 Å². The molecular weight excluding hydrogens is 438 g/mol. The molecule has 1 atom stereocenters. The van der Waals surface area contributed by atoms with Crippen LogP contribution in [-0.4, -0.2) is 50.9 Å². The van der Waals surface area contributed by atoms with Gasteiger partial charge in [-0.2, -0.15) is 8.78 Å². The minimum Gasteiger partial charge on any atom is -0.384 e. The summed E-state index contributed by atoms with van der Waals surface area (Å²) in [7, 11) is 0. The molecule has 7 nitrogen and oxygen atoms in total. The van der Waals surface area contributed by atoms with Gasteiger partial charge in [-0.3, -0.25) is 4.98 Å². The summed E-state index contributed by atoms with van der Waals surface area (Å²) in [6, 6.07) is 0.0937. The minimum absolute atomic E-state index is 0.0118. The molecule has 2 aromatic rings. The van der Waals surface area contributed by atoms with Gasteiger partial charge in [0.2, 0.25) is 0 Å². The maximum Gasteiger partial charge on any atom is 0.316 e. The van der Waals surface area contributed by atoms with E-state index in [9.17, 15) is 5.11 Å². The quantitative estimate of drug-likeness (QED) is 0.702. The van der Waals surface area contributed by atoms with Crippen molar-refractivity contribution in [3.05, 3.63) is 58.7 Å². The number of aromatic nitrogens is 4. The van der Waals surface area contributed by atoms with Crippen LogP contribution in [0.1, 0.15) is 56.1 Å². The van der Waals surface area contributed by atoms with E-state index in [1.807, 2.05) is 6.92 Å². The second-order valence-corrected chi connectivity index (χ2v) is 9.64. The average Bonchev–Trinajstić information content (AvgIpc) is 2.80. The molecule has 0 spiro atoms. The van der Waals surface area contributed by atoms with Crippen LogP contribution in [0, 0.1) is 13.8 Å². The topological polar surface area (TPSA) is 78.3 Å². The van der Waals surface area contributed by atoms with E-state index in [4.69, 9.17) is 0 Å². The molecule has 0 amide bonds. The molecule has 4 rings (SSSR count). The molecule has 1 fully saturated rings. The molecule has 0 saturated carbocycles. The van der Waals surface area contributed by atoms with E-state index in [-0.39, 0.29) is 17.3 Å². The molecule has 0 bridgehead atoms. The molecule has 2 aromatic heterocycles. The highest BCUT2D eigenvalue weighted by Crippen LogP contribution is 2.40. The summed E-state index contributed by atoms with van der Waals surface area (Å²) in [5, 5.41) is 18.4. The van der Waals surface area contributed by atoms with Crippen molar-refractivity contribution in [1.29, 1.82) is 0 Å². The summed E-state index contributed by atoms with van der Waals surface area (Å²) in [6.07, 6.45) is 9.52. The van der Waals surface area contributed by atoms with Gasteiger partial charge in [-0.15, -0.1) is 10.2 Å². The zero-order valence-electron chi connectivity index (χ0n) is 20.4. The third-order valence-electron chi connectivity index (χ3n) is 6.64. The Morgan fingerprint density at radius 3 is 2.38 bits per heavy atom. The Hall–Kier alpha value is -2.94. The van der Waals surface area contributed by atoms with E-state index in [0.29, 0.717) is 43.1 Å². The Kier molecular flexibility index (Phi) is 6.42. The Morgan fingerprint density at radius 1 is 1.03 bits per heavy atom. The number of alkyl halides is 2. The summed E-state index contributed by atoms with van der Waals surface area (Å²) in [5.41, 5.74) is 0.373. The fourth-order valence-electron chi connectivity index (χ4n) is 4.45. The van der Waals surface area contributed by atoms with Crippen molar-refractivity contribution < 1.29 is 13.9 Å². The van der Waals surface area contributed by atoms with E-state index in [1.54, 1.807) is 45.3 Å². The largest absolute Gasteiger partial charge is 0.384 e. The van der Waals surface area contributed by atoms with Crippen LogP contribution < -0.4 is 9.80 Å². The molecule has 1 N–H and O–H groups in total. The van der Waals surface area contributed by atoms with Crippen molar-refractivity contribution >= 4 is 11.6 Å². The van der Waals surface area contributed by atoms with Crippen molar-refractivity contribution in [2.45, 2.75) is 65.0 Å². The number of anilines is 2. The lowest BCUT2D eigenvalue weighted by molar-refractivity contribution is 0.0347. The molecule has 1 aliphatic carbocycles. The number of piperazine rings is 1. The van der Waals surface area contributed by atoms with E-state index < -0.39 is 11.5 Å². The molecule has 0 aromatic carbocycles. The number of aliphatic hydroxyl groups is 1. The summed E-state index contributed by atoms with van der Waals surface area (Å²) < 4.78 is 30.4. The van der Waals surface area contributed by atoms with E-state index in [2.05, 4.69) is 36.9 Å². The van der Waals surface area contributed by atoms with Gasteiger partial charge in [-0.1, -0.05) is 18.2 Å². The molecule has 182 valence electrons. The number of hydrogen-bond donors (Lipinski definition) is 1. The van der Waals surface area contributed by atoms with Crippen LogP contribution in [0.4, 0.5) is 20.4 Å². The van der Waals surface area contributed by atoms with Gasteiger partial charge in [-0.05, 0) is 58.6 Å². The summed E-state index contributed by atoms with van der Waals surface area (Å²) in [5.74, 6) is -1.79. The molecule has 9 heteroatoms. The Bertz CT molecular complexity index is 1110. The average molecular weight is 471 g/mol. The lowest BCUT2D eigenvalue weighted by atomic mass is 9.95. The van der Waals surface area contributed by atoms with Crippen LogP contribution in [-0.2, 0) is 11.5 Å². The van der Waals surface area contributed by atoms with Gasteiger partial charge >= 0.3 is 5.92 Å². The lowest BCUT2D eigenvalue weighted by Crippen LogP contribution is -2.53. The first-order chi connectivity index (χ1) is 16.0. The maximum absolute atomic E-state index is 15.2. The Morgan fingerprint density at radius 2 is 1.79 bits per heavy atom. The van der Waals surface area contributed by atoms with Crippen LogP contribution >= 0.6 is 0 Å². The van der Waals surface area contributed by atoms with Crippen LogP contribution in [0.15, 0.2) is 36.2 Å². The third kappa shape index (κ3) is 4.53. The van der Waals surface area contributed by atoms with E-state index in [1.165, 1.54) is 6.08 Å². The van der Waals surface area contributed by atoms with Crippen molar-refractivity contribution in [3.63, 3.8) is 0 Å². The van der Waals surface area contributed by atoms with Crippen LogP contribution in [0.25, 0.3) is 0 Å². The van der Waals surface area contributed by atoms with Gasteiger partial charge in [0.25, 0.3) is 0 Å². The molecular formula is C25H32F2N6O. The SMILES string of the molecule is Cc1c(N2CCN(c3cnc(C(C)(C)O)cn3)[C@H](C)C2)nnc(C(F)(F)C2=CCCC=C2)c1C. The second-order valence-electron chi connectivity index (χ2n) is 9.64. The van der Waals surface area contributed by atoms with Crippen molar-refractivity contribution in [3.8, 4) is 0 Å². The molecule has 0 unspecified atom stereocenters. The first-order valence-corrected chi connectivity index (χ1v) is 11.7. The predicted octanol–water partition coefficient (Wildman–Crippen LogP) is 4.19. The minimum atomic E-state index is -3.17. The zero-order chi connectivity index (χ0) is 24.7. The fourth-order valence-corrected chi connectivity index (χ4v) is 4.45. The number of halogens is 2. The third-order valence-corrected chi connectivity index (χ3v) is 6.64. The highest BCUT2D eigenvalue weighted by atomic mass is 19.3. The normalized spacial score (nSPS) is 19.4. The van der Waals surface area contributed by atoms with Crippen molar-refractivity contribution in [2.75, 3.05) is 29.4 Å². The first kappa shape index (κ1) is 24.2. The maximum atomic E-state index is 15.2. The van der Waals surface area contributed by atoms with Crippen LogP contribution in [0.5, 0.6) is 0 Å². The second kappa shape index (κ2) is 9.02. The summed E-state index contributed by atoms with van der Waals surface area (Å²) in [4.78, 5) is 13.1. The van der Waals surface area contributed by atoms with Gasteiger partial charge in [0, 0.05) is 31.2 Å². The Labute approximate surface area is 199 Å². The monoisotopic (exact) mass is 470 g/mol. The highest BCUT2D eigenvalue weighted by Gasteiger charge is 2.40. The van der Waals surface area contributed by atoms with E-state index in [0.717, 1.165) is 17.8 Å². The standard InChI is InChI=1S/C25H32F2N6O/c1-16-15-32(11-12-33(16)21-14-28-20(13-29-21)24(4,5)34)23-18(3)17(2)22(30-31-23)25(26,27)19-9-7-6-8-10-19/h7,9-10,13-14,16,34H,6,8,11-12,15H2,1-5H3/t16-/m1/s1. The molecule has 34 heavy (non-hydrogen) atoms. The van der Waals surface area contributed by atoms with Crippen LogP contribution in [0.3, 0.4) is 0 Å². The number of allylic oxidation sites excluding steroid dienone is 4. The van der Waals surface area contributed by atoms with Gasteiger partial charge in [0.05, 0.1) is 18.1 Å². The van der Waals surface area contributed by atoms with Crippen molar-refractivity contribution in [2.24, 2.45) is 0 Å². The molecule has 2 aliphatic rings. The van der Waals surface area contributed by atoms with Gasteiger partial charge in [-0.25, -0.2) is 4.98 Å². The highest BCUT2D eigenvalue weighted by molar-refractivity contribution is 5.54. The number of nitrogens with zero attached hydrogens (tertiary/aromatic N) is 6. The van der Waals surface area contributed by atoms with Crippen LogP contribution in [0.2, 0.25) is 0 Å².